The van der Waals surface area contributed by atoms with Crippen LogP contribution >= 0.6 is 21.4 Å². The normalized spacial score (nSPS) is 11.6. The summed E-state index contributed by atoms with van der Waals surface area (Å²) in [6, 6.07) is 17.3. The number of carbonyl (C=O) groups is 2. The van der Waals surface area contributed by atoms with Gasteiger partial charge in [0, 0.05) is 32.5 Å². The molecule has 4 aromatic rings. The van der Waals surface area contributed by atoms with E-state index in [0.29, 0.717) is 5.75 Å². The van der Waals surface area contributed by atoms with Crippen molar-refractivity contribution in [1.82, 2.24) is 0 Å². The predicted molar refractivity (Wildman–Crippen MR) is 197 cm³/mol. The van der Waals surface area contributed by atoms with Crippen molar-refractivity contribution in [3.05, 3.63) is 124 Å². The van der Waals surface area contributed by atoms with Gasteiger partial charge in [-0.15, -0.1) is 0 Å². The Morgan fingerprint density at radius 2 is 0.964 bits per heavy atom. The van der Waals surface area contributed by atoms with Crippen molar-refractivity contribution in [2.45, 2.75) is 32.6 Å². The van der Waals surface area contributed by atoms with Gasteiger partial charge < -0.3 is 18.9 Å². The molecule has 0 saturated heterocycles. The van der Waals surface area contributed by atoms with Crippen LogP contribution in [0.1, 0.15) is 38.8 Å². The SMILES string of the molecule is CCOC(=O)/C(C)=C/c1cc(F)c(Oc2ccc(S(=O)(=O)Cl)cc2)c(F)c1.CCOC(=O)/C(C)=C/c1cc(F)c(Oc2ccccc2)c(F)c1.O=S(=O)(O)Cl. The van der Waals surface area contributed by atoms with E-state index >= 15 is 0 Å². The van der Waals surface area contributed by atoms with Crippen LogP contribution in [0.4, 0.5) is 17.6 Å². The molecular formula is C36H32Cl2F4O11S2. The summed E-state index contributed by atoms with van der Waals surface area (Å²) in [5, 5.41) is 0. The Kier molecular flexibility index (Phi) is 17.8. The van der Waals surface area contributed by atoms with Gasteiger partial charge in [-0.2, -0.15) is 8.42 Å². The standard InChI is InChI=1S/C18H15ClF2O5S.C18H16F2O3.ClHO3S/c1-3-25-18(22)11(2)8-12-9-15(20)17(16(21)10-12)26-13-4-6-14(7-5-13)27(19,23)24;1-3-22-18(21)12(2)9-13-10-15(19)17(16(20)11-13)23-14-7-5-4-6-8-14;1-5(2,3)4/h4-10H,3H2,1-2H3;4-11H,3H2,1-2H3;(H,2,3,4)/b11-8+;12-9+;. The van der Waals surface area contributed by atoms with E-state index in [0.717, 1.165) is 36.4 Å². The minimum Gasteiger partial charge on any atom is -0.463 e. The summed E-state index contributed by atoms with van der Waals surface area (Å²) in [4.78, 5) is 22.9. The van der Waals surface area contributed by atoms with Crippen molar-refractivity contribution in [3.8, 4) is 23.0 Å². The molecule has 1 N–H and O–H groups in total. The van der Waals surface area contributed by atoms with E-state index in [4.69, 9.17) is 42.6 Å². The van der Waals surface area contributed by atoms with Crippen molar-refractivity contribution in [1.29, 1.82) is 0 Å². The van der Waals surface area contributed by atoms with Crippen molar-refractivity contribution in [2.75, 3.05) is 13.2 Å². The topological polar surface area (TPSA) is 160 Å². The Balaban J connectivity index is 0.000000342. The minimum absolute atomic E-state index is 0.0165. The molecule has 55 heavy (non-hydrogen) atoms. The summed E-state index contributed by atoms with van der Waals surface area (Å²) in [5.74, 6) is -5.61. The molecule has 0 aliphatic carbocycles. The zero-order valence-corrected chi connectivity index (χ0v) is 32.3. The first-order chi connectivity index (χ1) is 25.6. The smallest absolute Gasteiger partial charge is 0.353 e. The zero-order chi connectivity index (χ0) is 41.5. The van der Waals surface area contributed by atoms with Crippen molar-refractivity contribution < 1.29 is 67.5 Å². The Morgan fingerprint density at radius 3 is 1.27 bits per heavy atom. The van der Waals surface area contributed by atoms with E-state index in [9.17, 15) is 35.6 Å². The molecule has 19 heteroatoms. The van der Waals surface area contributed by atoms with Gasteiger partial charge in [-0.05, 0) is 112 Å². The molecule has 0 atom stereocenters. The van der Waals surface area contributed by atoms with E-state index in [-0.39, 0.29) is 46.1 Å². The molecule has 0 aliphatic rings. The number of hydrogen-bond donors (Lipinski definition) is 1. The highest BCUT2D eigenvalue weighted by molar-refractivity contribution is 8.13. The fraction of sp³-hybridized carbons (Fsp3) is 0.167. The quantitative estimate of drug-likeness (QED) is 0.0504. The van der Waals surface area contributed by atoms with Crippen molar-refractivity contribution in [3.63, 3.8) is 0 Å². The van der Waals surface area contributed by atoms with Crippen LogP contribution in [-0.2, 0) is 37.4 Å². The largest absolute Gasteiger partial charge is 0.463 e. The van der Waals surface area contributed by atoms with E-state index < -0.39 is 65.1 Å². The Hall–Kier alpha value is -4.94. The van der Waals surface area contributed by atoms with Crippen LogP contribution in [0.3, 0.4) is 0 Å². The summed E-state index contributed by atoms with van der Waals surface area (Å²) in [6.07, 6.45) is 2.64. The lowest BCUT2D eigenvalue weighted by Gasteiger charge is -2.09. The van der Waals surface area contributed by atoms with Crippen LogP contribution in [0.25, 0.3) is 12.2 Å². The number of hydrogen-bond acceptors (Lipinski definition) is 10. The Morgan fingerprint density at radius 1 is 0.636 bits per heavy atom. The van der Waals surface area contributed by atoms with Crippen molar-refractivity contribution >= 4 is 63.8 Å². The van der Waals surface area contributed by atoms with E-state index in [1.807, 2.05) is 0 Å². The second-order valence-corrected chi connectivity index (χ2v) is 15.1. The number of halogens is 6. The molecule has 296 valence electrons. The first-order valence-corrected chi connectivity index (χ1v) is 20.0. The van der Waals surface area contributed by atoms with Gasteiger partial charge >= 0.3 is 21.3 Å². The third kappa shape index (κ3) is 16.5. The molecule has 0 heterocycles. The lowest BCUT2D eigenvalue weighted by Crippen LogP contribution is -2.05. The summed E-state index contributed by atoms with van der Waals surface area (Å²) < 4.78 is 124. The first-order valence-electron chi connectivity index (χ1n) is 15.4. The molecule has 0 unspecified atom stereocenters. The van der Waals surface area contributed by atoms with Gasteiger partial charge in [0.2, 0.25) is 0 Å². The maximum Gasteiger partial charge on any atom is 0.353 e. The second kappa shape index (κ2) is 21.2. The van der Waals surface area contributed by atoms with Crippen LogP contribution in [0.2, 0.25) is 0 Å². The van der Waals surface area contributed by atoms with Crippen LogP contribution < -0.4 is 9.47 Å². The maximum absolute atomic E-state index is 14.2. The van der Waals surface area contributed by atoms with Gasteiger partial charge in [0.05, 0.1) is 18.1 Å². The highest BCUT2D eigenvalue weighted by atomic mass is 35.7. The highest BCUT2D eigenvalue weighted by Gasteiger charge is 2.17. The molecule has 0 amide bonds. The van der Waals surface area contributed by atoms with Gasteiger partial charge in [0.1, 0.15) is 11.5 Å². The first kappa shape index (κ1) is 46.2. The van der Waals surface area contributed by atoms with Crippen LogP contribution in [0.15, 0.2) is 94.9 Å². The molecular weight excluding hydrogens is 819 g/mol. The van der Waals surface area contributed by atoms with Gasteiger partial charge in [-0.25, -0.2) is 35.6 Å². The fourth-order valence-corrected chi connectivity index (χ4v) is 4.79. The lowest BCUT2D eigenvalue weighted by molar-refractivity contribution is -0.139. The number of carbonyl (C=O) groups excluding carboxylic acids is 2. The van der Waals surface area contributed by atoms with Crippen LogP contribution in [0, 0.1) is 23.3 Å². The molecule has 0 aromatic heterocycles. The number of para-hydroxylation sites is 1. The highest BCUT2D eigenvalue weighted by Crippen LogP contribution is 2.31. The van der Waals surface area contributed by atoms with E-state index in [1.54, 1.807) is 44.2 Å². The van der Waals surface area contributed by atoms with E-state index in [1.165, 1.54) is 38.1 Å². The summed E-state index contributed by atoms with van der Waals surface area (Å²) in [7, 11) is 1.15. The Labute approximate surface area is 323 Å². The molecule has 0 saturated carbocycles. The van der Waals surface area contributed by atoms with Gasteiger partial charge in [-0.3, -0.25) is 4.55 Å². The molecule has 11 nitrogen and oxygen atoms in total. The third-order valence-electron chi connectivity index (χ3n) is 6.29. The number of rotatable bonds is 11. The minimum atomic E-state index is -4.19. The summed E-state index contributed by atoms with van der Waals surface area (Å²) in [6.45, 7) is 6.72. The second-order valence-electron chi connectivity index (χ2n) is 10.6. The number of benzene rings is 4. The Bertz CT molecular complexity index is 2200. The molecule has 0 fully saturated rings. The third-order valence-corrected chi connectivity index (χ3v) is 7.66. The maximum atomic E-state index is 14.2. The fourth-order valence-electron chi connectivity index (χ4n) is 4.02. The van der Waals surface area contributed by atoms with Crippen molar-refractivity contribution in [2.24, 2.45) is 0 Å². The van der Waals surface area contributed by atoms with Crippen LogP contribution in [0.5, 0.6) is 23.0 Å². The summed E-state index contributed by atoms with van der Waals surface area (Å²) >= 11 is 0. The lowest BCUT2D eigenvalue weighted by atomic mass is 10.1. The van der Waals surface area contributed by atoms with Gasteiger partial charge in [0.15, 0.2) is 34.8 Å². The molecule has 0 radical (unpaired) electrons. The molecule has 4 aromatic carbocycles. The predicted octanol–water partition coefficient (Wildman–Crippen LogP) is 9.40. The number of ether oxygens (including phenoxy) is 4. The summed E-state index contributed by atoms with van der Waals surface area (Å²) in [5.41, 5.74) is 0.766. The average Bonchev–Trinajstić information content (AvgIpc) is 3.08. The van der Waals surface area contributed by atoms with Gasteiger partial charge in [-0.1, -0.05) is 18.2 Å². The number of esters is 2. The van der Waals surface area contributed by atoms with Crippen LogP contribution in [-0.4, -0.2) is 46.5 Å². The average molecular weight is 852 g/mol. The molecule has 4 rings (SSSR count). The molecule has 0 spiro atoms. The monoisotopic (exact) mass is 850 g/mol. The zero-order valence-electron chi connectivity index (χ0n) is 29.2. The van der Waals surface area contributed by atoms with E-state index in [2.05, 4.69) is 10.7 Å². The molecule has 0 bridgehead atoms. The van der Waals surface area contributed by atoms with Gasteiger partial charge in [0.25, 0.3) is 9.05 Å². The molecule has 0 aliphatic heterocycles.